The third-order valence-corrected chi connectivity index (χ3v) is 2.71. The van der Waals surface area contributed by atoms with Crippen molar-refractivity contribution in [1.29, 1.82) is 0 Å². The number of nitrogens with one attached hydrogen (secondary N) is 1. The molecule has 0 bridgehead atoms. The Morgan fingerprint density at radius 2 is 2.36 bits per heavy atom. The fourth-order valence-corrected chi connectivity index (χ4v) is 1.74. The number of thioether (sulfide) groups is 1. The zero-order valence-electron chi connectivity index (χ0n) is 7.10. The average molecular weight is 225 g/mol. The molecule has 2 rings (SSSR count). The molecule has 0 aliphatic carbocycles. The summed E-state index contributed by atoms with van der Waals surface area (Å²) in [6, 6.07) is 0. The molecule has 2 heterocycles. The second-order valence-electron chi connectivity index (χ2n) is 2.53. The highest BCUT2D eigenvalue weighted by Crippen LogP contribution is 2.15. The molecule has 2 aromatic heterocycles. The molecule has 0 aromatic carbocycles. The fraction of sp³-hybridized carbons (Fsp3) is 0.143. The van der Waals surface area contributed by atoms with Crippen molar-refractivity contribution < 1.29 is 0 Å². The van der Waals surface area contributed by atoms with Crippen LogP contribution in [0.4, 0.5) is 0 Å². The van der Waals surface area contributed by atoms with Crippen molar-refractivity contribution in [2.45, 2.75) is 5.75 Å². The molecule has 0 saturated heterocycles. The quantitative estimate of drug-likeness (QED) is 0.737. The lowest BCUT2D eigenvalue weighted by Crippen LogP contribution is -2.03. The van der Waals surface area contributed by atoms with Gasteiger partial charge in [0.1, 0.15) is 16.2 Å². The molecule has 72 valence electrons. The van der Waals surface area contributed by atoms with Crippen molar-refractivity contribution in [2.24, 2.45) is 5.73 Å². The summed E-state index contributed by atoms with van der Waals surface area (Å²) in [6.07, 6.45) is 3.08. The third-order valence-electron chi connectivity index (χ3n) is 1.65. The van der Waals surface area contributed by atoms with Gasteiger partial charge in [0.2, 0.25) is 0 Å². The van der Waals surface area contributed by atoms with Gasteiger partial charge in [-0.25, -0.2) is 15.0 Å². The van der Waals surface area contributed by atoms with Crippen LogP contribution in [0.2, 0.25) is 0 Å². The molecular formula is C7H7N5S2. The SMILES string of the molecule is NC(=S)SCc1ncnc2nc[nH]c12. The third kappa shape index (κ3) is 1.83. The van der Waals surface area contributed by atoms with E-state index in [9.17, 15) is 0 Å². The predicted octanol–water partition coefficient (Wildman–Crippen LogP) is 0.830. The van der Waals surface area contributed by atoms with E-state index in [-0.39, 0.29) is 0 Å². The zero-order chi connectivity index (χ0) is 9.97. The van der Waals surface area contributed by atoms with Gasteiger partial charge in [0.25, 0.3) is 0 Å². The van der Waals surface area contributed by atoms with Gasteiger partial charge in [-0.1, -0.05) is 24.0 Å². The highest BCUT2D eigenvalue weighted by atomic mass is 32.2. The van der Waals surface area contributed by atoms with Crippen LogP contribution in [0, 0.1) is 0 Å². The van der Waals surface area contributed by atoms with E-state index in [1.807, 2.05) is 0 Å². The van der Waals surface area contributed by atoms with E-state index < -0.39 is 0 Å². The highest BCUT2D eigenvalue weighted by Gasteiger charge is 2.05. The van der Waals surface area contributed by atoms with Gasteiger partial charge in [-0.05, 0) is 0 Å². The van der Waals surface area contributed by atoms with E-state index in [2.05, 4.69) is 19.9 Å². The minimum atomic E-state index is 0.413. The summed E-state index contributed by atoms with van der Waals surface area (Å²) in [5.74, 6) is 0.635. The Morgan fingerprint density at radius 3 is 3.14 bits per heavy atom. The highest BCUT2D eigenvalue weighted by molar-refractivity contribution is 8.22. The van der Waals surface area contributed by atoms with Crippen molar-refractivity contribution >= 4 is 39.5 Å². The number of nitrogens with zero attached hydrogens (tertiary/aromatic N) is 3. The van der Waals surface area contributed by atoms with E-state index in [0.717, 1.165) is 11.2 Å². The Hall–Kier alpha value is -1.21. The Labute approximate surface area is 89.5 Å². The van der Waals surface area contributed by atoms with Crippen LogP contribution in [0.5, 0.6) is 0 Å². The number of H-pyrrole nitrogens is 1. The molecule has 5 nitrogen and oxygen atoms in total. The Morgan fingerprint density at radius 1 is 1.50 bits per heavy atom. The first-order chi connectivity index (χ1) is 6.77. The number of imidazole rings is 1. The molecule has 7 heteroatoms. The van der Waals surface area contributed by atoms with Gasteiger partial charge in [-0.2, -0.15) is 0 Å². The van der Waals surface area contributed by atoms with Gasteiger partial charge in [0, 0.05) is 5.75 Å². The van der Waals surface area contributed by atoms with Crippen molar-refractivity contribution in [3.05, 3.63) is 18.3 Å². The van der Waals surface area contributed by atoms with Gasteiger partial charge in [-0.15, -0.1) is 0 Å². The number of rotatable bonds is 2. The van der Waals surface area contributed by atoms with Crippen LogP contribution >= 0.6 is 24.0 Å². The number of hydrogen-bond acceptors (Lipinski definition) is 5. The summed E-state index contributed by atoms with van der Waals surface area (Å²) in [5, 5.41) is 0. The summed E-state index contributed by atoms with van der Waals surface area (Å²) in [4.78, 5) is 15.1. The Kier molecular flexibility index (Phi) is 2.60. The molecule has 0 fully saturated rings. The Bertz CT molecular complexity index is 466. The summed E-state index contributed by atoms with van der Waals surface area (Å²) in [5.41, 5.74) is 7.76. The van der Waals surface area contributed by atoms with Crippen LogP contribution in [0.25, 0.3) is 11.2 Å². The van der Waals surface area contributed by atoms with Gasteiger partial charge in [-0.3, -0.25) is 0 Å². The molecule has 0 atom stereocenters. The summed E-state index contributed by atoms with van der Waals surface area (Å²) in [7, 11) is 0. The molecular weight excluding hydrogens is 218 g/mol. The molecule has 2 aromatic rings. The van der Waals surface area contributed by atoms with E-state index in [1.54, 1.807) is 6.33 Å². The molecule has 0 aliphatic rings. The second kappa shape index (κ2) is 3.89. The van der Waals surface area contributed by atoms with Crippen LogP contribution < -0.4 is 5.73 Å². The number of nitrogens with two attached hydrogens (primary N) is 1. The first-order valence-corrected chi connectivity index (χ1v) is 5.22. The van der Waals surface area contributed by atoms with E-state index in [0.29, 0.717) is 15.7 Å². The summed E-state index contributed by atoms with van der Waals surface area (Å²) in [6.45, 7) is 0. The number of aromatic nitrogens is 4. The van der Waals surface area contributed by atoms with Gasteiger partial charge >= 0.3 is 0 Å². The largest absolute Gasteiger partial charge is 0.385 e. The first kappa shape index (κ1) is 9.35. The van der Waals surface area contributed by atoms with Crippen LogP contribution in [-0.2, 0) is 5.75 Å². The van der Waals surface area contributed by atoms with Gasteiger partial charge in [0.15, 0.2) is 5.65 Å². The lowest BCUT2D eigenvalue weighted by atomic mass is 10.4. The number of fused-ring (bicyclic) bond motifs is 1. The summed E-state index contributed by atoms with van der Waals surface area (Å²) >= 11 is 6.14. The maximum Gasteiger partial charge on any atom is 0.180 e. The number of aromatic amines is 1. The lowest BCUT2D eigenvalue weighted by Gasteiger charge is -1.99. The molecule has 0 radical (unpaired) electrons. The maximum absolute atomic E-state index is 5.38. The maximum atomic E-state index is 5.38. The summed E-state index contributed by atoms with van der Waals surface area (Å²) < 4.78 is 0.413. The van der Waals surface area contributed by atoms with Crippen molar-refractivity contribution in [1.82, 2.24) is 19.9 Å². The van der Waals surface area contributed by atoms with Crippen LogP contribution in [-0.4, -0.2) is 24.3 Å². The molecule has 14 heavy (non-hydrogen) atoms. The van der Waals surface area contributed by atoms with Crippen molar-refractivity contribution in [3.8, 4) is 0 Å². The lowest BCUT2D eigenvalue weighted by molar-refractivity contribution is 1.12. The normalized spacial score (nSPS) is 10.6. The monoisotopic (exact) mass is 225 g/mol. The molecule has 0 amide bonds. The van der Waals surface area contributed by atoms with Crippen LogP contribution in [0.1, 0.15) is 5.69 Å². The number of hydrogen-bond donors (Lipinski definition) is 2. The standard InChI is InChI=1S/C7H7N5S2/c8-7(13)14-1-4-5-6(11-2-9-4)12-3-10-5/h2-3H,1H2,(H2,8,13)(H,9,10,11,12). The van der Waals surface area contributed by atoms with Crippen LogP contribution in [0.3, 0.4) is 0 Å². The van der Waals surface area contributed by atoms with Crippen molar-refractivity contribution in [3.63, 3.8) is 0 Å². The fourth-order valence-electron chi connectivity index (χ4n) is 1.06. The average Bonchev–Trinajstić information content (AvgIpc) is 2.62. The zero-order valence-corrected chi connectivity index (χ0v) is 8.73. The second-order valence-corrected chi connectivity index (χ2v) is 4.24. The smallest absolute Gasteiger partial charge is 0.180 e. The number of thiocarbonyl (C=S) groups is 1. The topological polar surface area (TPSA) is 80.5 Å². The molecule has 3 N–H and O–H groups in total. The van der Waals surface area contributed by atoms with Gasteiger partial charge in [0.05, 0.1) is 12.0 Å². The molecule has 0 aliphatic heterocycles. The minimum absolute atomic E-state index is 0.413. The molecule has 0 spiro atoms. The van der Waals surface area contributed by atoms with Gasteiger partial charge < -0.3 is 10.7 Å². The van der Waals surface area contributed by atoms with Crippen LogP contribution in [0.15, 0.2) is 12.7 Å². The minimum Gasteiger partial charge on any atom is -0.385 e. The first-order valence-electron chi connectivity index (χ1n) is 3.82. The molecule has 0 unspecified atom stereocenters. The van der Waals surface area contributed by atoms with Crippen molar-refractivity contribution in [2.75, 3.05) is 0 Å². The van der Waals surface area contributed by atoms with E-state index in [4.69, 9.17) is 18.0 Å². The van der Waals surface area contributed by atoms with E-state index in [1.165, 1.54) is 18.1 Å². The predicted molar refractivity (Wildman–Crippen MR) is 59.8 cm³/mol. The molecule has 0 saturated carbocycles. The Balaban J connectivity index is 2.32. The van der Waals surface area contributed by atoms with E-state index >= 15 is 0 Å².